The van der Waals surface area contributed by atoms with Crippen LogP contribution in [0.4, 0.5) is 0 Å². The first-order valence-corrected chi connectivity index (χ1v) is 6.68. The smallest absolute Gasteiger partial charge is 0.223 e. The molecule has 0 aliphatic rings. The number of rotatable bonds is 6. The average molecular weight is 264 g/mol. The van der Waals surface area contributed by atoms with Crippen molar-refractivity contribution >= 4 is 5.91 Å². The van der Waals surface area contributed by atoms with Gasteiger partial charge in [-0.3, -0.25) is 4.79 Å². The van der Waals surface area contributed by atoms with Crippen LogP contribution in [-0.4, -0.2) is 18.6 Å². The molecule has 0 saturated heterocycles. The predicted octanol–water partition coefficient (Wildman–Crippen LogP) is 2.31. The molecule has 0 saturated carbocycles. The van der Waals surface area contributed by atoms with Crippen molar-refractivity contribution in [2.24, 2.45) is 5.73 Å². The van der Waals surface area contributed by atoms with Crippen LogP contribution < -0.4 is 15.8 Å². The highest BCUT2D eigenvalue weighted by molar-refractivity contribution is 5.76. The predicted molar refractivity (Wildman–Crippen MR) is 77.2 cm³/mol. The summed E-state index contributed by atoms with van der Waals surface area (Å²) in [6.45, 7) is 8.16. The summed E-state index contributed by atoms with van der Waals surface area (Å²) < 4.78 is 5.69. The molecule has 106 valence electrons. The molecule has 0 spiro atoms. The summed E-state index contributed by atoms with van der Waals surface area (Å²) in [7, 11) is 0. The summed E-state index contributed by atoms with van der Waals surface area (Å²) in [5.41, 5.74) is 7.99. The van der Waals surface area contributed by atoms with E-state index in [0.29, 0.717) is 13.0 Å². The number of benzene rings is 1. The van der Waals surface area contributed by atoms with Gasteiger partial charge in [-0.2, -0.15) is 0 Å². The Hall–Kier alpha value is -1.55. The SMILES string of the molecule is Cc1ccc([C@H](C)N)c(OCCC(=O)NC(C)C)c1. The normalized spacial score (nSPS) is 12.3. The monoisotopic (exact) mass is 264 g/mol. The molecule has 0 heterocycles. The van der Waals surface area contributed by atoms with Crippen LogP contribution in [0.25, 0.3) is 0 Å². The average Bonchev–Trinajstić information content (AvgIpc) is 2.27. The second-order valence-corrected chi connectivity index (χ2v) is 5.15. The largest absolute Gasteiger partial charge is 0.493 e. The number of carbonyl (C=O) groups excluding carboxylic acids is 1. The maximum absolute atomic E-state index is 11.5. The number of nitrogens with one attached hydrogen (secondary N) is 1. The Kier molecular flexibility index (Phi) is 5.83. The van der Waals surface area contributed by atoms with Crippen LogP contribution in [0.1, 0.15) is 44.4 Å². The Balaban J connectivity index is 2.57. The van der Waals surface area contributed by atoms with Crippen LogP contribution >= 0.6 is 0 Å². The zero-order chi connectivity index (χ0) is 14.4. The summed E-state index contributed by atoms with van der Waals surface area (Å²) >= 11 is 0. The van der Waals surface area contributed by atoms with Crippen LogP contribution in [-0.2, 0) is 4.79 Å². The van der Waals surface area contributed by atoms with Crippen LogP contribution in [0.5, 0.6) is 5.75 Å². The number of amides is 1. The molecule has 0 fully saturated rings. The number of hydrogen-bond donors (Lipinski definition) is 2. The molecule has 19 heavy (non-hydrogen) atoms. The van der Waals surface area contributed by atoms with Gasteiger partial charge in [0.2, 0.25) is 5.91 Å². The molecule has 1 atom stereocenters. The van der Waals surface area contributed by atoms with Gasteiger partial charge in [0, 0.05) is 17.6 Å². The van der Waals surface area contributed by atoms with Crippen molar-refractivity contribution < 1.29 is 9.53 Å². The lowest BCUT2D eigenvalue weighted by Gasteiger charge is -2.15. The van der Waals surface area contributed by atoms with Crippen LogP contribution in [0.2, 0.25) is 0 Å². The van der Waals surface area contributed by atoms with Crippen molar-refractivity contribution in [2.75, 3.05) is 6.61 Å². The lowest BCUT2D eigenvalue weighted by Crippen LogP contribution is -2.31. The highest BCUT2D eigenvalue weighted by atomic mass is 16.5. The van der Waals surface area contributed by atoms with E-state index in [2.05, 4.69) is 5.32 Å². The van der Waals surface area contributed by atoms with E-state index in [1.54, 1.807) is 0 Å². The molecule has 1 aromatic carbocycles. The first-order chi connectivity index (χ1) is 8.90. The van der Waals surface area contributed by atoms with E-state index in [0.717, 1.165) is 16.9 Å². The summed E-state index contributed by atoms with van der Waals surface area (Å²) in [6.07, 6.45) is 0.352. The summed E-state index contributed by atoms with van der Waals surface area (Å²) in [5.74, 6) is 0.775. The Morgan fingerprint density at radius 3 is 2.63 bits per heavy atom. The Bertz CT molecular complexity index is 428. The topological polar surface area (TPSA) is 64.3 Å². The molecule has 0 aromatic heterocycles. The van der Waals surface area contributed by atoms with Crippen molar-refractivity contribution in [3.8, 4) is 5.75 Å². The number of ether oxygens (including phenoxy) is 1. The molecule has 1 aromatic rings. The fourth-order valence-electron chi connectivity index (χ4n) is 1.79. The van der Waals surface area contributed by atoms with Gasteiger partial charge in [0.25, 0.3) is 0 Å². The van der Waals surface area contributed by atoms with Crippen LogP contribution in [0, 0.1) is 6.92 Å². The fraction of sp³-hybridized carbons (Fsp3) is 0.533. The van der Waals surface area contributed by atoms with Crippen molar-refractivity contribution in [3.63, 3.8) is 0 Å². The Morgan fingerprint density at radius 2 is 2.05 bits per heavy atom. The maximum Gasteiger partial charge on any atom is 0.223 e. The third-order valence-electron chi connectivity index (χ3n) is 2.70. The van der Waals surface area contributed by atoms with E-state index in [-0.39, 0.29) is 18.0 Å². The number of nitrogens with two attached hydrogens (primary N) is 1. The molecule has 1 amide bonds. The van der Waals surface area contributed by atoms with Crippen molar-refractivity contribution in [3.05, 3.63) is 29.3 Å². The molecule has 0 unspecified atom stereocenters. The van der Waals surface area contributed by atoms with Gasteiger partial charge in [0.1, 0.15) is 5.75 Å². The summed E-state index contributed by atoms with van der Waals surface area (Å²) in [5, 5.41) is 2.83. The molecule has 0 aliphatic heterocycles. The summed E-state index contributed by atoms with van der Waals surface area (Å²) in [4.78, 5) is 11.5. The van der Waals surface area contributed by atoms with E-state index in [1.807, 2.05) is 45.9 Å². The molecule has 3 N–H and O–H groups in total. The van der Waals surface area contributed by atoms with Crippen LogP contribution in [0.15, 0.2) is 18.2 Å². The van der Waals surface area contributed by atoms with E-state index in [9.17, 15) is 4.79 Å². The van der Waals surface area contributed by atoms with Gasteiger partial charge in [-0.15, -0.1) is 0 Å². The molecule has 4 nitrogen and oxygen atoms in total. The minimum atomic E-state index is -0.0832. The number of hydrogen-bond acceptors (Lipinski definition) is 3. The van der Waals surface area contributed by atoms with Gasteiger partial charge >= 0.3 is 0 Å². The third-order valence-corrected chi connectivity index (χ3v) is 2.70. The van der Waals surface area contributed by atoms with Crippen molar-refractivity contribution in [2.45, 2.75) is 46.2 Å². The second kappa shape index (κ2) is 7.14. The summed E-state index contributed by atoms with van der Waals surface area (Å²) in [6, 6.07) is 6.02. The van der Waals surface area contributed by atoms with Crippen molar-refractivity contribution in [1.82, 2.24) is 5.32 Å². The van der Waals surface area contributed by atoms with Crippen molar-refractivity contribution in [1.29, 1.82) is 0 Å². The molecular weight excluding hydrogens is 240 g/mol. The molecule has 0 bridgehead atoms. The Morgan fingerprint density at radius 1 is 1.37 bits per heavy atom. The van der Waals surface area contributed by atoms with Gasteiger partial charge in [0.15, 0.2) is 0 Å². The molecule has 0 aliphatic carbocycles. The second-order valence-electron chi connectivity index (χ2n) is 5.15. The maximum atomic E-state index is 11.5. The van der Waals surface area contributed by atoms with Gasteiger partial charge in [-0.05, 0) is 39.3 Å². The minimum Gasteiger partial charge on any atom is -0.493 e. The molecule has 4 heteroatoms. The highest BCUT2D eigenvalue weighted by Crippen LogP contribution is 2.25. The van der Waals surface area contributed by atoms with E-state index >= 15 is 0 Å². The zero-order valence-electron chi connectivity index (χ0n) is 12.2. The lowest BCUT2D eigenvalue weighted by atomic mass is 10.1. The van der Waals surface area contributed by atoms with E-state index in [1.165, 1.54) is 0 Å². The van der Waals surface area contributed by atoms with Crippen LogP contribution in [0.3, 0.4) is 0 Å². The number of carbonyl (C=O) groups is 1. The van der Waals surface area contributed by atoms with E-state index < -0.39 is 0 Å². The molecular formula is C15H24N2O2. The van der Waals surface area contributed by atoms with Gasteiger partial charge in [-0.1, -0.05) is 12.1 Å². The quantitative estimate of drug-likeness (QED) is 0.828. The zero-order valence-corrected chi connectivity index (χ0v) is 12.2. The number of aryl methyl sites for hydroxylation is 1. The fourth-order valence-corrected chi connectivity index (χ4v) is 1.79. The first kappa shape index (κ1) is 15.5. The lowest BCUT2D eigenvalue weighted by molar-refractivity contribution is -0.122. The molecule has 0 radical (unpaired) electrons. The van der Waals surface area contributed by atoms with Gasteiger partial charge in [0.05, 0.1) is 13.0 Å². The van der Waals surface area contributed by atoms with Gasteiger partial charge in [-0.25, -0.2) is 0 Å². The van der Waals surface area contributed by atoms with Gasteiger partial charge < -0.3 is 15.8 Å². The first-order valence-electron chi connectivity index (χ1n) is 6.68. The third kappa shape index (κ3) is 5.30. The molecule has 1 rings (SSSR count). The Labute approximate surface area is 115 Å². The highest BCUT2D eigenvalue weighted by Gasteiger charge is 2.09. The standard InChI is InChI=1S/C15H24N2O2/c1-10(2)17-15(18)7-8-19-14-9-11(3)5-6-13(14)12(4)16/h5-6,9-10,12H,7-8,16H2,1-4H3,(H,17,18)/t12-/m0/s1. The van der Waals surface area contributed by atoms with E-state index in [4.69, 9.17) is 10.5 Å². The minimum absolute atomic E-state index is 0.00463.